The predicted molar refractivity (Wildman–Crippen MR) is 68.9 cm³/mol. The van der Waals surface area contributed by atoms with Crippen molar-refractivity contribution in [3.05, 3.63) is 29.8 Å². The van der Waals surface area contributed by atoms with Crippen molar-refractivity contribution >= 4 is 5.91 Å². The highest BCUT2D eigenvalue weighted by atomic mass is 16.3. The first-order valence-corrected chi connectivity index (χ1v) is 6.05. The van der Waals surface area contributed by atoms with Crippen LogP contribution < -0.4 is 5.32 Å². The van der Waals surface area contributed by atoms with Gasteiger partial charge in [-0.3, -0.25) is 4.79 Å². The van der Waals surface area contributed by atoms with Gasteiger partial charge in [-0.15, -0.1) is 0 Å². The van der Waals surface area contributed by atoms with E-state index in [0.717, 1.165) is 6.42 Å². The van der Waals surface area contributed by atoms with E-state index in [1.165, 1.54) is 0 Å². The van der Waals surface area contributed by atoms with Gasteiger partial charge in [0.05, 0.1) is 6.42 Å². The van der Waals surface area contributed by atoms with Crippen LogP contribution in [0.4, 0.5) is 0 Å². The van der Waals surface area contributed by atoms with Crippen molar-refractivity contribution in [2.45, 2.75) is 39.7 Å². The first-order chi connectivity index (χ1) is 7.99. The molecule has 0 fully saturated rings. The third-order valence-corrected chi connectivity index (χ3v) is 2.57. The highest BCUT2D eigenvalue weighted by molar-refractivity contribution is 5.79. The first-order valence-electron chi connectivity index (χ1n) is 6.05. The van der Waals surface area contributed by atoms with Crippen molar-refractivity contribution in [3.63, 3.8) is 0 Å². The topological polar surface area (TPSA) is 49.3 Å². The van der Waals surface area contributed by atoms with Crippen molar-refractivity contribution < 1.29 is 9.90 Å². The van der Waals surface area contributed by atoms with Gasteiger partial charge in [0, 0.05) is 11.6 Å². The van der Waals surface area contributed by atoms with E-state index in [9.17, 15) is 9.90 Å². The molecule has 1 aromatic carbocycles. The molecule has 0 bridgehead atoms. The molecule has 1 amide bonds. The third-order valence-electron chi connectivity index (χ3n) is 2.57. The van der Waals surface area contributed by atoms with Gasteiger partial charge in [0.15, 0.2) is 0 Å². The summed E-state index contributed by atoms with van der Waals surface area (Å²) >= 11 is 0. The Kier molecular flexibility index (Phi) is 5.01. The summed E-state index contributed by atoms with van der Waals surface area (Å²) in [6.07, 6.45) is 1.20. The Morgan fingerprint density at radius 3 is 2.53 bits per heavy atom. The van der Waals surface area contributed by atoms with Crippen molar-refractivity contribution in [2.24, 2.45) is 5.92 Å². The summed E-state index contributed by atoms with van der Waals surface area (Å²) in [6.45, 7) is 6.26. The lowest BCUT2D eigenvalue weighted by Gasteiger charge is -2.16. The molecule has 0 aliphatic rings. The second-order valence-electron chi connectivity index (χ2n) is 4.90. The van der Waals surface area contributed by atoms with E-state index in [0.29, 0.717) is 11.5 Å². The average Bonchev–Trinajstić information content (AvgIpc) is 2.19. The molecule has 1 atom stereocenters. The number of carbonyl (C=O) groups is 1. The van der Waals surface area contributed by atoms with E-state index in [1.807, 2.05) is 13.0 Å². The Labute approximate surface area is 103 Å². The maximum absolute atomic E-state index is 11.7. The zero-order chi connectivity index (χ0) is 12.8. The summed E-state index contributed by atoms with van der Waals surface area (Å²) < 4.78 is 0. The molecule has 1 rings (SSSR count). The van der Waals surface area contributed by atoms with Crippen LogP contribution in [0.3, 0.4) is 0 Å². The van der Waals surface area contributed by atoms with Gasteiger partial charge in [0.25, 0.3) is 0 Å². The zero-order valence-corrected chi connectivity index (χ0v) is 10.7. The lowest BCUT2D eigenvalue weighted by Crippen LogP contribution is -2.34. The van der Waals surface area contributed by atoms with Crippen LogP contribution in [0.25, 0.3) is 0 Å². The number of phenols is 1. The van der Waals surface area contributed by atoms with Crippen LogP contribution in [0.2, 0.25) is 0 Å². The molecule has 1 unspecified atom stereocenters. The second kappa shape index (κ2) is 6.28. The Hall–Kier alpha value is -1.51. The molecule has 0 heterocycles. The van der Waals surface area contributed by atoms with Crippen molar-refractivity contribution in [1.82, 2.24) is 5.32 Å². The summed E-state index contributed by atoms with van der Waals surface area (Å²) in [5.41, 5.74) is 0.668. The van der Waals surface area contributed by atoms with Crippen molar-refractivity contribution in [3.8, 4) is 5.75 Å². The molecule has 0 aliphatic heterocycles. The molecular formula is C14H21NO2. The summed E-state index contributed by atoms with van der Waals surface area (Å²) in [6, 6.07) is 7.11. The molecule has 0 saturated carbocycles. The van der Waals surface area contributed by atoms with Crippen molar-refractivity contribution in [1.29, 1.82) is 0 Å². The fourth-order valence-corrected chi connectivity index (χ4v) is 1.93. The fraction of sp³-hybridized carbons (Fsp3) is 0.500. The average molecular weight is 235 g/mol. The van der Waals surface area contributed by atoms with Gasteiger partial charge in [0.1, 0.15) is 5.75 Å². The molecule has 0 aromatic heterocycles. The summed E-state index contributed by atoms with van der Waals surface area (Å²) in [4.78, 5) is 11.7. The molecule has 0 saturated heterocycles. The van der Waals surface area contributed by atoms with Crippen LogP contribution in [0.15, 0.2) is 24.3 Å². The number of hydrogen-bond acceptors (Lipinski definition) is 2. The largest absolute Gasteiger partial charge is 0.508 e. The summed E-state index contributed by atoms with van der Waals surface area (Å²) in [5, 5.41) is 12.5. The number of amides is 1. The van der Waals surface area contributed by atoms with E-state index in [-0.39, 0.29) is 24.1 Å². The van der Waals surface area contributed by atoms with E-state index >= 15 is 0 Å². The minimum atomic E-state index is -0.0420. The highest BCUT2D eigenvalue weighted by Crippen LogP contribution is 2.16. The van der Waals surface area contributed by atoms with Crippen LogP contribution in [-0.2, 0) is 11.2 Å². The summed E-state index contributed by atoms with van der Waals surface area (Å²) in [5.74, 6) is 0.703. The van der Waals surface area contributed by atoms with Crippen LogP contribution in [0.5, 0.6) is 5.75 Å². The van der Waals surface area contributed by atoms with Crippen LogP contribution >= 0.6 is 0 Å². The quantitative estimate of drug-likeness (QED) is 0.823. The lowest BCUT2D eigenvalue weighted by atomic mass is 10.0. The number of nitrogens with one attached hydrogen (secondary N) is 1. The Bertz CT molecular complexity index is 374. The normalized spacial score (nSPS) is 12.5. The van der Waals surface area contributed by atoms with Gasteiger partial charge >= 0.3 is 0 Å². The van der Waals surface area contributed by atoms with Gasteiger partial charge in [-0.2, -0.15) is 0 Å². The van der Waals surface area contributed by atoms with Gasteiger partial charge in [-0.1, -0.05) is 32.0 Å². The van der Waals surface area contributed by atoms with Crippen LogP contribution in [0, 0.1) is 5.92 Å². The fourth-order valence-electron chi connectivity index (χ4n) is 1.93. The predicted octanol–water partition coefficient (Wildman–Crippen LogP) is 2.49. The number of carbonyl (C=O) groups excluding carboxylic acids is 1. The monoisotopic (exact) mass is 235 g/mol. The first kappa shape index (κ1) is 13.6. The molecule has 94 valence electrons. The van der Waals surface area contributed by atoms with Gasteiger partial charge in [-0.05, 0) is 25.3 Å². The molecular weight excluding hydrogens is 214 g/mol. The molecule has 3 heteroatoms. The maximum Gasteiger partial charge on any atom is 0.224 e. The van der Waals surface area contributed by atoms with Crippen LogP contribution in [-0.4, -0.2) is 17.1 Å². The number of para-hydroxylation sites is 1. The second-order valence-corrected chi connectivity index (χ2v) is 4.90. The summed E-state index contributed by atoms with van der Waals surface area (Å²) in [7, 11) is 0. The molecule has 2 N–H and O–H groups in total. The Balaban J connectivity index is 2.47. The molecule has 3 nitrogen and oxygen atoms in total. The SMILES string of the molecule is CC(C)CC(C)NC(=O)Cc1ccccc1O. The van der Waals surface area contributed by atoms with Gasteiger partial charge in [0.2, 0.25) is 5.91 Å². The van der Waals surface area contributed by atoms with E-state index in [2.05, 4.69) is 19.2 Å². The number of hydrogen-bond donors (Lipinski definition) is 2. The van der Waals surface area contributed by atoms with Gasteiger partial charge in [-0.25, -0.2) is 0 Å². The smallest absolute Gasteiger partial charge is 0.224 e. The third kappa shape index (κ3) is 4.89. The standard InChI is InChI=1S/C14H21NO2/c1-10(2)8-11(3)15-14(17)9-12-6-4-5-7-13(12)16/h4-7,10-11,16H,8-9H2,1-3H3,(H,15,17). The van der Waals surface area contributed by atoms with E-state index in [4.69, 9.17) is 0 Å². The minimum absolute atomic E-state index is 0.0420. The molecule has 0 aliphatic carbocycles. The molecule has 0 radical (unpaired) electrons. The minimum Gasteiger partial charge on any atom is -0.508 e. The number of aromatic hydroxyl groups is 1. The van der Waals surface area contributed by atoms with Gasteiger partial charge < -0.3 is 10.4 Å². The number of benzene rings is 1. The molecule has 17 heavy (non-hydrogen) atoms. The number of rotatable bonds is 5. The number of phenolic OH excluding ortho intramolecular Hbond substituents is 1. The Morgan fingerprint density at radius 2 is 1.94 bits per heavy atom. The lowest BCUT2D eigenvalue weighted by molar-refractivity contribution is -0.121. The van der Waals surface area contributed by atoms with E-state index in [1.54, 1.807) is 18.2 Å². The molecule has 1 aromatic rings. The maximum atomic E-state index is 11.7. The zero-order valence-electron chi connectivity index (χ0n) is 10.7. The van der Waals surface area contributed by atoms with E-state index < -0.39 is 0 Å². The molecule has 0 spiro atoms. The van der Waals surface area contributed by atoms with Crippen molar-refractivity contribution in [2.75, 3.05) is 0 Å². The Morgan fingerprint density at radius 1 is 1.29 bits per heavy atom. The van der Waals surface area contributed by atoms with Crippen LogP contribution in [0.1, 0.15) is 32.8 Å². The highest BCUT2D eigenvalue weighted by Gasteiger charge is 2.11.